The smallest absolute Gasteiger partial charge is 0.293 e. The van der Waals surface area contributed by atoms with Crippen LogP contribution in [-0.4, -0.2) is 9.13 Å². The number of rotatable bonds is 8. The second-order valence-corrected chi connectivity index (χ2v) is 7.41. The molecule has 0 fully saturated rings. The van der Waals surface area contributed by atoms with Crippen molar-refractivity contribution in [3.8, 4) is 17.2 Å². The van der Waals surface area contributed by atoms with Crippen LogP contribution in [0.5, 0.6) is 0 Å². The van der Waals surface area contributed by atoms with Gasteiger partial charge in [-0.05, 0) is 35.6 Å². The summed E-state index contributed by atoms with van der Waals surface area (Å²) < 4.78 is 2.99. The van der Waals surface area contributed by atoms with Gasteiger partial charge in [0.2, 0.25) is 0 Å². The van der Waals surface area contributed by atoms with Crippen LogP contribution in [0, 0.1) is 11.3 Å². The predicted octanol–water partition coefficient (Wildman–Crippen LogP) is 4.35. The number of benzene rings is 2. The van der Waals surface area contributed by atoms with Gasteiger partial charge >= 0.3 is 5.69 Å². The van der Waals surface area contributed by atoms with Gasteiger partial charge in [0.1, 0.15) is 0 Å². The van der Waals surface area contributed by atoms with Crippen LogP contribution in [0.2, 0.25) is 0 Å². The largest absolute Gasteiger partial charge is 0.331 e. The van der Waals surface area contributed by atoms with Crippen LogP contribution >= 0.6 is 0 Å². The number of hydrogen-bond donors (Lipinski definition) is 0. The Labute approximate surface area is 176 Å². The van der Waals surface area contributed by atoms with Crippen molar-refractivity contribution < 1.29 is 0 Å². The summed E-state index contributed by atoms with van der Waals surface area (Å²) in [5.74, 6) is 0. The zero-order valence-electron chi connectivity index (χ0n) is 17.6. The minimum absolute atomic E-state index is 0.245. The number of hydrogen-bond acceptors (Lipinski definition) is 3. The second-order valence-electron chi connectivity index (χ2n) is 7.41. The van der Waals surface area contributed by atoms with Crippen LogP contribution in [0.25, 0.3) is 11.1 Å². The lowest BCUT2D eigenvalue weighted by Gasteiger charge is -2.18. The Bertz CT molecular complexity index is 1170. The van der Waals surface area contributed by atoms with Gasteiger partial charge in [-0.15, -0.1) is 0 Å². The summed E-state index contributed by atoms with van der Waals surface area (Å²) in [6.45, 7) is 4.72. The molecule has 0 spiro atoms. The van der Waals surface area contributed by atoms with Gasteiger partial charge in [-0.3, -0.25) is 13.9 Å². The Morgan fingerprint density at radius 3 is 2.37 bits per heavy atom. The highest BCUT2D eigenvalue weighted by molar-refractivity contribution is 5.70. The van der Waals surface area contributed by atoms with Gasteiger partial charge in [-0.1, -0.05) is 69.2 Å². The molecule has 0 amide bonds. The summed E-state index contributed by atoms with van der Waals surface area (Å²) >= 11 is 0. The van der Waals surface area contributed by atoms with Crippen molar-refractivity contribution in [1.82, 2.24) is 9.13 Å². The van der Waals surface area contributed by atoms with Crippen molar-refractivity contribution in [1.29, 1.82) is 5.26 Å². The first kappa shape index (κ1) is 21.3. The molecular weight excluding hydrogens is 374 g/mol. The first-order valence-electron chi connectivity index (χ1n) is 10.5. The summed E-state index contributed by atoms with van der Waals surface area (Å²) in [4.78, 5) is 25.8. The number of nitrogens with zero attached hydrogens (tertiary/aromatic N) is 3. The molecule has 2 aromatic carbocycles. The molecule has 0 N–H and O–H groups in total. The van der Waals surface area contributed by atoms with E-state index in [4.69, 9.17) is 0 Å². The SMILES string of the molecule is CCCCn1c(=O)cc(CCC)n(Cc2c(C#N)cccc2-c2ccccc2)c1=O. The van der Waals surface area contributed by atoms with Crippen LogP contribution in [0.15, 0.2) is 64.2 Å². The van der Waals surface area contributed by atoms with E-state index in [9.17, 15) is 14.9 Å². The van der Waals surface area contributed by atoms with Crippen molar-refractivity contribution in [2.75, 3.05) is 0 Å². The van der Waals surface area contributed by atoms with Crippen LogP contribution < -0.4 is 11.2 Å². The Morgan fingerprint density at radius 1 is 0.933 bits per heavy atom. The Balaban J connectivity index is 2.20. The number of unbranched alkanes of at least 4 members (excludes halogenated alkanes) is 1. The normalized spacial score (nSPS) is 10.7. The van der Waals surface area contributed by atoms with E-state index in [1.54, 1.807) is 16.7 Å². The molecule has 0 radical (unpaired) electrons. The van der Waals surface area contributed by atoms with Crippen LogP contribution in [0.4, 0.5) is 0 Å². The highest BCUT2D eigenvalue weighted by Crippen LogP contribution is 2.27. The second kappa shape index (κ2) is 9.89. The zero-order valence-corrected chi connectivity index (χ0v) is 17.6. The predicted molar refractivity (Wildman–Crippen MR) is 120 cm³/mol. The van der Waals surface area contributed by atoms with E-state index >= 15 is 0 Å². The van der Waals surface area contributed by atoms with E-state index in [0.717, 1.165) is 36.0 Å². The first-order chi connectivity index (χ1) is 14.6. The van der Waals surface area contributed by atoms with E-state index < -0.39 is 0 Å². The number of aromatic nitrogens is 2. The van der Waals surface area contributed by atoms with E-state index in [-0.39, 0.29) is 17.8 Å². The maximum atomic E-state index is 13.3. The zero-order chi connectivity index (χ0) is 21.5. The van der Waals surface area contributed by atoms with Gasteiger partial charge in [-0.25, -0.2) is 4.79 Å². The molecule has 0 saturated carbocycles. The molecule has 0 bridgehead atoms. The standard InChI is InChI=1S/C25H27N3O2/c1-3-5-15-27-24(29)16-21(10-4-2)28(25(27)30)18-23-20(17-26)13-9-14-22(23)19-11-7-6-8-12-19/h6-9,11-14,16H,3-5,10,15,18H2,1-2H3. The van der Waals surface area contributed by atoms with Crippen LogP contribution in [0.3, 0.4) is 0 Å². The fourth-order valence-corrected chi connectivity index (χ4v) is 3.72. The summed E-state index contributed by atoms with van der Waals surface area (Å²) in [7, 11) is 0. The van der Waals surface area contributed by atoms with Gasteiger partial charge in [-0.2, -0.15) is 5.26 Å². The van der Waals surface area contributed by atoms with Gasteiger partial charge in [0.15, 0.2) is 0 Å². The molecule has 154 valence electrons. The van der Waals surface area contributed by atoms with Crippen molar-refractivity contribution in [2.45, 2.75) is 52.6 Å². The molecule has 5 nitrogen and oxygen atoms in total. The third kappa shape index (κ3) is 4.44. The number of aryl methyl sites for hydroxylation is 1. The highest BCUT2D eigenvalue weighted by Gasteiger charge is 2.16. The van der Waals surface area contributed by atoms with Crippen molar-refractivity contribution in [3.05, 3.63) is 92.3 Å². The van der Waals surface area contributed by atoms with Gasteiger partial charge in [0.25, 0.3) is 5.56 Å². The molecule has 0 aliphatic carbocycles. The molecule has 3 aromatic rings. The first-order valence-corrected chi connectivity index (χ1v) is 10.5. The highest BCUT2D eigenvalue weighted by atomic mass is 16.2. The Morgan fingerprint density at radius 2 is 1.70 bits per heavy atom. The average molecular weight is 402 g/mol. The maximum absolute atomic E-state index is 13.3. The molecule has 5 heteroatoms. The summed E-state index contributed by atoms with van der Waals surface area (Å²) in [6.07, 6.45) is 3.13. The molecule has 0 saturated heterocycles. The van der Waals surface area contributed by atoms with E-state index in [2.05, 4.69) is 6.07 Å². The quantitative estimate of drug-likeness (QED) is 0.563. The fraction of sp³-hybridized carbons (Fsp3) is 0.320. The van der Waals surface area contributed by atoms with E-state index in [1.807, 2.05) is 56.3 Å². The lowest BCUT2D eigenvalue weighted by atomic mass is 9.95. The van der Waals surface area contributed by atoms with Crippen LogP contribution in [-0.2, 0) is 19.5 Å². The molecule has 1 heterocycles. The van der Waals surface area contributed by atoms with Crippen molar-refractivity contribution in [2.24, 2.45) is 0 Å². The van der Waals surface area contributed by atoms with Crippen LogP contribution in [0.1, 0.15) is 49.9 Å². The lowest BCUT2D eigenvalue weighted by molar-refractivity contribution is 0.531. The molecule has 3 rings (SSSR count). The molecule has 0 atom stereocenters. The van der Waals surface area contributed by atoms with E-state index in [0.29, 0.717) is 24.2 Å². The molecular formula is C25H27N3O2. The molecule has 0 aliphatic heterocycles. The summed E-state index contributed by atoms with van der Waals surface area (Å²) in [6, 6.07) is 19.3. The van der Waals surface area contributed by atoms with Crippen molar-refractivity contribution >= 4 is 0 Å². The number of nitriles is 1. The average Bonchev–Trinajstić information content (AvgIpc) is 2.77. The Hall–Kier alpha value is -3.39. The minimum Gasteiger partial charge on any atom is -0.293 e. The molecule has 0 unspecified atom stereocenters. The fourth-order valence-electron chi connectivity index (χ4n) is 3.72. The van der Waals surface area contributed by atoms with Gasteiger partial charge in [0.05, 0.1) is 18.2 Å². The third-order valence-electron chi connectivity index (χ3n) is 5.30. The van der Waals surface area contributed by atoms with Crippen molar-refractivity contribution in [3.63, 3.8) is 0 Å². The third-order valence-corrected chi connectivity index (χ3v) is 5.30. The summed E-state index contributed by atoms with van der Waals surface area (Å²) in [5.41, 5.74) is 3.43. The van der Waals surface area contributed by atoms with Gasteiger partial charge < -0.3 is 0 Å². The maximum Gasteiger partial charge on any atom is 0.331 e. The minimum atomic E-state index is -0.300. The van der Waals surface area contributed by atoms with Gasteiger partial charge in [0, 0.05) is 18.3 Å². The Kier molecular flexibility index (Phi) is 7.03. The topological polar surface area (TPSA) is 67.8 Å². The lowest BCUT2D eigenvalue weighted by Crippen LogP contribution is -2.41. The molecule has 0 aliphatic rings. The monoisotopic (exact) mass is 401 g/mol. The molecule has 1 aromatic heterocycles. The molecule has 30 heavy (non-hydrogen) atoms. The van der Waals surface area contributed by atoms with E-state index in [1.165, 1.54) is 4.57 Å². The summed E-state index contributed by atoms with van der Waals surface area (Å²) in [5, 5.41) is 9.73.